The number of aromatic nitrogens is 1. The molecule has 25 heavy (non-hydrogen) atoms. The highest BCUT2D eigenvalue weighted by Gasteiger charge is 2.56. The van der Waals surface area contributed by atoms with E-state index in [0.29, 0.717) is 18.8 Å². The van der Waals surface area contributed by atoms with Gasteiger partial charge < -0.3 is 9.72 Å². The van der Waals surface area contributed by atoms with Crippen LogP contribution in [0.5, 0.6) is 5.75 Å². The van der Waals surface area contributed by atoms with Crippen molar-refractivity contribution in [3.05, 3.63) is 65.1 Å². The number of halogens is 2. The van der Waals surface area contributed by atoms with Crippen molar-refractivity contribution in [3.63, 3.8) is 0 Å². The topological polar surface area (TPSA) is 42.1 Å². The van der Waals surface area contributed by atoms with E-state index in [1.165, 1.54) is 6.07 Å². The Morgan fingerprint density at radius 1 is 1.04 bits per heavy atom. The van der Waals surface area contributed by atoms with Gasteiger partial charge in [-0.3, -0.25) is 4.79 Å². The lowest BCUT2D eigenvalue weighted by Gasteiger charge is -2.08. The number of benzene rings is 2. The van der Waals surface area contributed by atoms with Crippen LogP contribution in [-0.2, 0) is 0 Å². The van der Waals surface area contributed by atoms with E-state index in [1.54, 1.807) is 12.3 Å². The van der Waals surface area contributed by atoms with E-state index in [0.717, 1.165) is 21.9 Å². The molecule has 1 unspecified atom stereocenters. The average Bonchev–Trinajstić information content (AvgIpc) is 3.21. The Morgan fingerprint density at radius 3 is 2.52 bits per heavy atom. The average molecular weight is 341 g/mol. The first-order valence-electron chi connectivity index (χ1n) is 8.25. The molecule has 5 heteroatoms. The van der Waals surface area contributed by atoms with Crippen molar-refractivity contribution in [1.29, 1.82) is 0 Å². The van der Waals surface area contributed by atoms with Gasteiger partial charge in [0.1, 0.15) is 5.75 Å². The molecule has 1 fully saturated rings. The number of pyridine rings is 1. The van der Waals surface area contributed by atoms with Gasteiger partial charge in [0.05, 0.1) is 6.61 Å². The molecule has 0 radical (unpaired) electrons. The van der Waals surface area contributed by atoms with Crippen LogP contribution in [0.2, 0.25) is 0 Å². The fourth-order valence-electron chi connectivity index (χ4n) is 2.99. The molecule has 1 saturated carbocycles. The smallest absolute Gasteiger partial charge is 0.251 e. The Hall–Kier alpha value is -2.69. The zero-order chi connectivity index (χ0) is 17.4. The molecule has 1 aliphatic rings. The summed E-state index contributed by atoms with van der Waals surface area (Å²) in [5.41, 5.74) is 1.77. The van der Waals surface area contributed by atoms with E-state index >= 15 is 0 Å². The van der Waals surface area contributed by atoms with Gasteiger partial charge >= 0.3 is 0 Å². The molecular weight excluding hydrogens is 324 g/mol. The predicted octanol–water partition coefficient (Wildman–Crippen LogP) is 4.62. The van der Waals surface area contributed by atoms with E-state index in [9.17, 15) is 13.6 Å². The molecule has 1 atom stereocenters. The molecule has 128 valence electrons. The van der Waals surface area contributed by atoms with Crippen LogP contribution in [0.4, 0.5) is 8.78 Å². The highest BCUT2D eigenvalue weighted by molar-refractivity contribution is 5.88. The molecule has 3 aromatic rings. The Balaban J connectivity index is 1.52. The minimum atomic E-state index is -2.49. The SMILES string of the molecule is O=c1ccc(-c2ccc3ccc(OCCC4CC4(F)F)cc3c2)c[nH]1. The van der Waals surface area contributed by atoms with Gasteiger partial charge in [-0.05, 0) is 52.6 Å². The fraction of sp³-hybridized carbons (Fsp3) is 0.250. The van der Waals surface area contributed by atoms with E-state index in [4.69, 9.17) is 4.74 Å². The zero-order valence-electron chi connectivity index (χ0n) is 13.5. The minimum Gasteiger partial charge on any atom is -0.494 e. The van der Waals surface area contributed by atoms with Gasteiger partial charge in [-0.15, -0.1) is 0 Å². The number of nitrogens with one attached hydrogen (secondary N) is 1. The number of fused-ring (bicyclic) bond motifs is 1. The van der Waals surface area contributed by atoms with Crippen molar-refractivity contribution in [2.45, 2.75) is 18.8 Å². The molecule has 1 heterocycles. The van der Waals surface area contributed by atoms with Gasteiger partial charge in [0, 0.05) is 24.6 Å². The summed E-state index contributed by atoms with van der Waals surface area (Å²) in [6, 6.07) is 15.0. The van der Waals surface area contributed by atoms with Crippen LogP contribution in [0.1, 0.15) is 12.8 Å². The molecule has 0 spiro atoms. The second kappa shape index (κ2) is 5.99. The first-order chi connectivity index (χ1) is 12.0. The summed E-state index contributed by atoms with van der Waals surface area (Å²) in [5, 5.41) is 2.06. The summed E-state index contributed by atoms with van der Waals surface area (Å²) in [5.74, 6) is -2.34. The summed E-state index contributed by atoms with van der Waals surface area (Å²) >= 11 is 0. The van der Waals surface area contributed by atoms with Crippen molar-refractivity contribution in [2.24, 2.45) is 5.92 Å². The number of rotatable bonds is 5. The molecule has 0 amide bonds. The molecule has 0 bridgehead atoms. The molecular formula is C20H17F2NO2. The maximum atomic E-state index is 12.9. The monoisotopic (exact) mass is 341 g/mol. The lowest BCUT2D eigenvalue weighted by molar-refractivity contribution is 0.0930. The molecule has 3 nitrogen and oxygen atoms in total. The predicted molar refractivity (Wildman–Crippen MR) is 93.2 cm³/mol. The Morgan fingerprint density at radius 2 is 1.80 bits per heavy atom. The quantitative estimate of drug-likeness (QED) is 0.736. The highest BCUT2D eigenvalue weighted by Crippen LogP contribution is 2.50. The van der Waals surface area contributed by atoms with Gasteiger partial charge in [-0.25, -0.2) is 8.78 Å². The number of hydrogen-bond donors (Lipinski definition) is 1. The van der Waals surface area contributed by atoms with Gasteiger partial charge in [-0.2, -0.15) is 0 Å². The Labute approximate surface area is 143 Å². The first-order valence-corrected chi connectivity index (χ1v) is 8.25. The number of ether oxygens (including phenoxy) is 1. The molecule has 4 rings (SSSR count). The van der Waals surface area contributed by atoms with Crippen LogP contribution in [-0.4, -0.2) is 17.5 Å². The van der Waals surface area contributed by atoms with E-state index in [-0.39, 0.29) is 12.0 Å². The van der Waals surface area contributed by atoms with Gasteiger partial charge in [0.15, 0.2) is 0 Å². The van der Waals surface area contributed by atoms with Gasteiger partial charge in [0.2, 0.25) is 5.56 Å². The minimum absolute atomic E-state index is 0.0173. The summed E-state index contributed by atoms with van der Waals surface area (Å²) in [6.45, 7) is 0.297. The summed E-state index contributed by atoms with van der Waals surface area (Å²) < 4.78 is 31.4. The summed E-state index contributed by atoms with van der Waals surface area (Å²) in [6.07, 6.45) is 2.04. The second-order valence-electron chi connectivity index (χ2n) is 6.46. The van der Waals surface area contributed by atoms with Crippen molar-refractivity contribution >= 4 is 10.8 Å². The summed E-state index contributed by atoms with van der Waals surface area (Å²) in [4.78, 5) is 13.9. The lowest BCUT2D eigenvalue weighted by Crippen LogP contribution is -2.02. The van der Waals surface area contributed by atoms with Gasteiger partial charge in [-0.1, -0.05) is 18.2 Å². The number of hydrogen-bond acceptors (Lipinski definition) is 2. The molecule has 1 aliphatic carbocycles. The molecule has 0 aliphatic heterocycles. The third kappa shape index (κ3) is 3.40. The third-order valence-corrected chi connectivity index (χ3v) is 4.62. The standard InChI is InChI=1S/C20H17F2NO2/c21-20(22)11-17(20)7-8-25-18-5-3-13-1-2-14(9-16(13)10-18)15-4-6-19(24)23-12-15/h1-6,9-10,12,17H,7-8,11H2,(H,23,24). The Bertz CT molecular complexity index is 960. The van der Waals surface area contributed by atoms with Crippen molar-refractivity contribution < 1.29 is 13.5 Å². The highest BCUT2D eigenvalue weighted by atomic mass is 19.3. The number of aromatic amines is 1. The Kier molecular flexibility index (Phi) is 3.79. The maximum absolute atomic E-state index is 12.9. The van der Waals surface area contributed by atoms with E-state index in [2.05, 4.69) is 4.98 Å². The molecule has 2 aromatic carbocycles. The largest absolute Gasteiger partial charge is 0.494 e. The number of alkyl halides is 2. The summed E-state index contributed by atoms with van der Waals surface area (Å²) in [7, 11) is 0. The molecule has 1 N–H and O–H groups in total. The van der Waals surface area contributed by atoms with Crippen molar-refractivity contribution in [1.82, 2.24) is 4.98 Å². The fourth-order valence-corrected chi connectivity index (χ4v) is 2.99. The van der Waals surface area contributed by atoms with Crippen LogP contribution < -0.4 is 10.3 Å². The van der Waals surface area contributed by atoms with E-state index < -0.39 is 11.8 Å². The van der Waals surface area contributed by atoms with Crippen LogP contribution in [0, 0.1) is 5.92 Å². The first kappa shape index (κ1) is 15.8. The normalized spacial score (nSPS) is 18.2. The van der Waals surface area contributed by atoms with E-state index in [1.807, 2.05) is 36.4 Å². The second-order valence-corrected chi connectivity index (χ2v) is 6.46. The van der Waals surface area contributed by atoms with Crippen LogP contribution in [0.25, 0.3) is 21.9 Å². The van der Waals surface area contributed by atoms with Gasteiger partial charge in [0.25, 0.3) is 5.92 Å². The third-order valence-electron chi connectivity index (χ3n) is 4.62. The lowest BCUT2D eigenvalue weighted by atomic mass is 10.0. The van der Waals surface area contributed by atoms with Crippen LogP contribution >= 0.6 is 0 Å². The van der Waals surface area contributed by atoms with Crippen molar-refractivity contribution in [3.8, 4) is 16.9 Å². The zero-order valence-corrected chi connectivity index (χ0v) is 13.5. The van der Waals surface area contributed by atoms with Crippen molar-refractivity contribution in [2.75, 3.05) is 6.61 Å². The number of H-pyrrole nitrogens is 1. The van der Waals surface area contributed by atoms with Crippen LogP contribution in [0.3, 0.4) is 0 Å². The van der Waals surface area contributed by atoms with Crippen LogP contribution in [0.15, 0.2) is 59.5 Å². The maximum Gasteiger partial charge on any atom is 0.251 e. The molecule has 1 aromatic heterocycles. The molecule has 0 saturated heterocycles.